The Kier molecular flexibility index (Phi) is 4.29. The Balaban J connectivity index is 1.34. The molecule has 8 rings (SSSR count). The number of allylic oxidation sites excluding steroid dienone is 1. The van der Waals surface area contributed by atoms with Crippen LogP contribution in [0.25, 0.3) is 0 Å². The third kappa shape index (κ3) is 2.43. The van der Waals surface area contributed by atoms with Gasteiger partial charge in [0.25, 0.3) is 0 Å². The fraction of sp³-hybridized carbons (Fsp3) is 0.793. The standard InChI is InChI=1S/C29H34O11/c1-12-16-17-21(25(5,34)22(33)36-17)38-29-18(16)24(4,19(12)31)8-9-26(40-29)11-27-14(7-6-13(26)20(29)32)23(2,3)39-28(27,35)10-15(30)37-27/h6,12,14,16-18,21,34-35H,7-11H2,1-5H3/t12-,14+,16-,17-,18+,21+,24+,25-,26+,27-,28-,29+/m1/s1. The zero-order valence-corrected chi connectivity index (χ0v) is 23.1. The average Bonchev–Trinajstić information content (AvgIpc) is 3.35. The predicted molar refractivity (Wildman–Crippen MR) is 130 cm³/mol. The lowest BCUT2D eigenvalue weighted by Crippen LogP contribution is -2.65. The molecule has 12 atom stereocenters. The molecule has 0 amide bonds. The van der Waals surface area contributed by atoms with Crippen LogP contribution < -0.4 is 0 Å². The molecule has 216 valence electrons. The van der Waals surface area contributed by atoms with Crippen LogP contribution in [0.1, 0.15) is 66.7 Å². The van der Waals surface area contributed by atoms with Crippen LogP contribution in [0.2, 0.25) is 0 Å². The van der Waals surface area contributed by atoms with E-state index in [0.717, 1.165) is 0 Å². The lowest BCUT2D eigenvalue weighted by atomic mass is 9.62. The van der Waals surface area contributed by atoms with Crippen molar-refractivity contribution in [3.05, 3.63) is 11.6 Å². The van der Waals surface area contributed by atoms with Crippen LogP contribution in [-0.2, 0) is 42.9 Å². The quantitative estimate of drug-likeness (QED) is 0.407. The maximum Gasteiger partial charge on any atom is 0.341 e. The lowest BCUT2D eigenvalue weighted by Gasteiger charge is -2.50. The number of hydrogen-bond donors (Lipinski definition) is 2. The number of Topliss-reactive ketones (excluding diaryl/α,β-unsaturated/α-hetero) is 2. The third-order valence-corrected chi connectivity index (χ3v) is 12.0. The highest BCUT2D eigenvalue weighted by Crippen LogP contribution is 2.71. The molecule has 2 N–H and O–H groups in total. The fourth-order valence-corrected chi connectivity index (χ4v) is 10.3. The highest BCUT2D eigenvalue weighted by molar-refractivity contribution is 6.07. The van der Waals surface area contributed by atoms with Crippen LogP contribution in [-0.4, -0.2) is 79.9 Å². The number of rotatable bonds is 0. The molecule has 6 heterocycles. The molecular weight excluding hydrogens is 524 g/mol. The molecule has 0 radical (unpaired) electrons. The first-order chi connectivity index (χ1) is 18.5. The third-order valence-electron chi connectivity index (χ3n) is 12.0. The molecule has 0 aromatic heterocycles. The van der Waals surface area contributed by atoms with Crippen molar-refractivity contribution in [1.29, 1.82) is 0 Å². The molecule has 0 aromatic carbocycles. The van der Waals surface area contributed by atoms with E-state index >= 15 is 0 Å². The SMILES string of the molecule is C[C@H]1C(=O)[C@@]2(C)CC[C@]34C[C@]56OC(=O)C[C@@]5(O)OC(C)(C)[C@@H]6CC=C3C(=O)[C@@]3(O[C@H]5[C@H](OC(=O)[C@]5(C)O)[C@@H]1[C@H]32)O4. The summed E-state index contributed by atoms with van der Waals surface area (Å²) in [7, 11) is 0. The topological polar surface area (TPSA) is 155 Å². The van der Waals surface area contributed by atoms with Gasteiger partial charge in [0.1, 0.15) is 30.0 Å². The summed E-state index contributed by atoms with van der Waals surface area (Å²) in [6, 6.07) is 0. The van der Waals surface area contributed by atoms with Crippen molar-refractivity contribution in [2.75, 3.05) is 0 Å². The summed E-state index contributed by atoms with van der Waals surface area (Å²) in [6.07, 6.45) is 0.0827. The molecule has 8 aliphatic rings. The first-order valence-electron chi connectivity index (χ1n) is 14.2. The minimum Gasteiger partial charge on any atom is -0.457 e. The van der Waals surface area contributed by atoms with E-state index in [1.54, 1.807) is 13.0 Å². The molecule has 7 fully saturated rings. The van der Waals surface area contributed by atoms with Gasteiger partial charge in [-0.05, 0) is 40.0 Å². The largest absolute Gasteiger partial charge is 0.457 e. The predicted octanol–water partition coefficient (Wildman–Crippen LogP) is 0.867. The van der Waals surface area contributed by atoms with Crippen LogP contribution in [0.5, 0.6) is 0 Å². The van der Waals surface area contributed by atoms with Crippen LogP contribution in [0.3, 0.4) is 0 Å². The first kappa shape index (κ1) is 25.5. The summed E-state index contributed by atoms with van der Waals surface area (Å²) in [6.45, 7) is 8.55. The number of aliphatic hydroxyl groups is 2. The van der Waals surface area contributed by atoms with E-state index in [1.807, 2.05) is 20.8 Å². The van der Waals surface area contributed by atoms with Crippen LogP contribution >= 0.6 is 0 Å². The molecule has 6 aliphatic heterocycles. The van der Waals surface area contributed by atoms with E-state index < -0.39 is 93.0 Å². The van der Waals surface area contributed by atoms with E-state index in [9.17, 15) is 29.4 Å². The molecule has 1 saturated carbocycles. The number of fused-ring (bicyclic) bond motifs is 2. The minimum absolute atomic E-state index is 0.0594. The number of carbonyl (C=O) groups is 4. The molecule has 11 nitrogen and oxygen atoms in total. The Morgan fingerprint density at radius 1 is 1.00 bits per heavy atom. The number of esters is 2. The summed E-state index contributed by atoms with van der Waals surface area (Å²) in [5.41, 5.74) is -6.47. The fourth-order valence-electron chi connectivity index (χ4n) is 10.3. The first-order valence-corrected chi connectivity index (χ1v) is 14.2. The molecule has 0 aromatic rings. The Morgan fingerprint density at radius 2 is 1.73 bits per heavy atom. The van der Waals surface area contributed by atoms with Crippen molar-refractivity contribution in [3.8, 4) is 0 Å². The van der Waals surface area contributed by atoms with Crippen LogP contribution in [0, 0.1) is 29.1 Å². The van der Waals surface area contributed by atoms with E-state index in [4.69, 9.17) is 23.7 Å². The molecule has 3 spiro atoms. The van der Waals surface area contributed by atoms with Crippen molar-refractivity contribution in [2.45, 2.75) is 113 Å². The van der Waals surface area contributed by atoms with E-state index in [1.165, 1.54) is 6.92 Å². The Labute approximate surface area is 230 Å². The lowest BCUT2D eigenvalue weighted by molar-refractivity contribution is -0.340. The second-order valence-corrected chi connectivity index (χ2v) is 14.4. The van der Waals surface area contributed by atoms with Gasteiger partial charge in [0.2, 0.25) is 17.4 Å². The summed E-state index contributed by atoms with van der Waals surface area (Å²) in [5.74, 6) is -8.32. The van der Waals surface area contributed by atoms with Gasteiger partial charge < -0.3 is 33.9 Å². The summed E-state index contributed by atoms with van der Waals surface area (Å²) in [5, 5.41) is 22.9. The Bertz CT molecular complexity index is 1370. The number of ether oxygens (including phenoxy) is 5. The van der Waals surface area contributed by atoms with Gasteiger partial charge in [0.15, 0.2) is 11.2 Å². The second kappa shape index (κ2) is 6.72. The van der Waals surface area contributed by atoms with Gasteiger partial charge in [0, 0.05) is 41.1 Å². The van der Waals surface area contributed by atoms with E-state index in [0.29, 0.717) is 12.0 Å². The van der Waals surface area contributed by atoms with Gasteiger partial charge in [-0.2, -0.15) is 0 Å². The normalized spacial score (nSPS) is 58.6. The number of ketones is 2. The van der Waals surface area contributed by atoms with Crippen molar-refractivity contribution in [2.24, 2.45) is 29.1 Å². The monoisotopic (exact) mass is 558 g/mol. The molecule has 2 bridgehead atoms. The van der Waals surface area contributed by atoms with Gasteiger partial charge >= 0.3 is 11.9 Å². The molecule has 11 heteroatoms. The van der Waals surface area contributed by atoms with Crippen molar-refractivity contribution in [1.82, 2.24) is 0 Å². The highest BCUT2D eigenvalue weighted by Gasteiger charge is 2.84. The molecule has 40 heavy (non-hydrogen) atoms. The number of hydrogen-bond acceptors (Lipinski definition) is 11. The van der Waals surface area contributed by atoms with Crippen LogP contribution in [0.4, 0.5) is 0 Å². The number of carbonyl (C=O) groups excluding carboxylic acids is 4. The second-order valence-electron chi connectivity index (χ2n) is 14.4. The van der Waals surface area contributed by atoms with Crippen LogP contribution in [0.15, 0.2) is 11.6 Å². The minimum atomic E-state index is -2.05. The van der Waals surface area contributed by atoms with Gasteiger partial charge in [-0.25, -0.2) is 4.79 Å². The summed E-state index contributed by atoms with van der Waals surface area (Å²) >= 11 is 0. The van der Waals surface area contributed by atoms with E-state index in [2.05, 4.69) is 0 Å². The highest BCUT2D eigenvalue weighted by atomic mass is 16.7. The zero-order valence-electron chi connectivity index (χ0n) is 23.1. The summed E-state index contributed by atoms with van der Waals surface area (Å²) < 4.78 is 31.2. The average molecular weight is 559 g/mol. The maximum atomic E-state index is 14.7. The zero-order chi connectivity index (χ0) is 28.6. The molecule has 0 unspecified atom stereocenters. The summed E-state index contributed by atoms with van der Waals surface area (Å²) in [4.78, 5) is 54.1. The maximum absolute atomic E-state index is 14.7. The van der Waals surface area contributed by atoms with Crippen molar-refractivity contribution < 1.29 is 53.1 Å². The van der Waals surface area contributed by atoms with Crippen molar-refractivity contribution >= 4 is 23.5 Å². The Hall–Kier alpha value is -2.18. The molecule has 6 saturated heterocycles. The van der Waals surface area contributed by atoms with Gasteiger partial charge in [-0.3, -0.25) is 14.4 Å². The Morgan fingerprint density at radius 3 is 2.45 bits per heavy atom. The molecule has 2 aliphatic carbocycles. The molecular formula is C29H34O11. The van der Waals surface area contributed by atoms with Gasteiger partial charge in [-0.1, -0.05) is 19.9 Å². The smallest absolute Gasteiger partial charge is 0.341 e. The van der Waals surface area contributed by atoms with Gasteiger partial charge in [0.05, 0.1) is 5.60 Å². The van der Waals surface area contributed by atoms with Crippen molar-refractivity contribution in [3.63, 3.8) is 0 Å². The van der Waals surface area contributed by atoms with E-state index in [-0.39, 0.29) is 31.5 Å². The van der Waals surface area contributed by atoms with Gasteiger partial charge in [-0.15, -0.1) is 0 Å².